The second kappa shape index (κ2) is 14.1. The summed E-state index contributed by atoms with van der Waals surface area (Å²) in [7, 11) is 0. The highest BCUT2D eigenvalue weighted by Gasteiger charge is 2.50. The number of amides is 1. The number of carbonyl (C=O) groups is 3. The van der Waals surface area contributed by atoms with Crippen molar-refractivity contribution >= 4 is 29.0 Å². The minimum atomic E-state index is -1.64. The first-order chi connectivity index (χ1) is 24.9. The summed E-state index contributed by atoms with van der Waals surface area (Å²) in [6.45, 7) is 14.9. The van der Waals surface area contributed by atoms with Crippen LogP contribution in [0.3, 0.4) is 0 Å². The molecule has 2 aliphatic rings. The van der Waals surface area contributed by atoms with Crippen LogP contribution in [0, 0.1) is 36.3 Å². The summed E-state index contributed by atoms with van der Waals surface area (Å²) >= 11 is 0. The number of Topliss-reactive ketones (excluding diaryl/α,β-unsaturated/α-hetero) is 1. The van der Waals surface area contributed by atoms with Crippen molar-refractivity contribution in [2.75, 3.05) is 23.3 Å². The molecule has 0 bridgehead atoms. The van der Waals surface area contributed by atoms with Crippen molar-refractivity contribution in [1.82, 2.24) is 4.98 Å². The monoisotopic (exact) mass is 723 g/mol. The van der Waals surface area contributed by atoms with Crippen molar-refractivity contribution in [2.45, 2.75) is 85.9 Å². The van der Waals surface area contributed by atoms with Crippen molar-refractivity contribution in [2.24, 2.45) is 10.8 Å². The van der Waals surface area contributed by atoms with Gasteiger partial charge in [-0.1, -0.05) is 44.2 Å². The van der Waals surface area contributed by atoms with Gasteiger partial charge in [0.2, 0.25) is 5.91 Å². The number of ether oxygens (including phenoxy) is 1. The summed E-state index contributed by atoms with van der Waals surface area (Å²) in [5.41, 5.74) is 3.18. The first-order valence-corrected chi connectivity index (χ1v) is 18.0. The van der Waals surface area contributed by atoms with Crippen LogP contribution in [-0.2, 0) is 27.2 Å². The van der Waals surface area contributed by atoms with E-state index in [1.165, 1.54) is 24.3 Å². The minimum Gasteiger partial charge on any atom is -0.479 e. The third-order valence-corrected chi connectivity index (χ3v) is 10.5. The highest BCUT2D eigenvalue weighted by Crippen LogP contribution is 2.47. The van der Waals surface area contributed by atoms with E-state index < -0.39 is 46.4 Å². The van der Waals surface area contributed by atoms with Crippen molar-refractivity contribution in [1.29, 1.82) is 0 Å². The second-order valence-corrected chi connectivity index (χ2v) is 16.3. The van der Waals surface area contributed by atoms with Crippen molar-refractivity contribution in [3.8, 4) is 11.1 Å². The molecule has 1 fully saturated rings. The number of aliphatic carboxylic acids is 1. The number of aromatic nitrogens is 1. The van der Waals surface area contributed by atoms with Gasteiger partial charge in [-0.3, -0.25) is 14.6 Å². The number of anilines is 2. The Kier molecular flexibility index (Phi) is 10.1. The van der Waals surface area contributed by atoms with E-state index in [2.05, 4.69) is 24.1 Å². The zero-order valence-corrected chi connectivity index (χ0v) is 31.4. The van der Waals surface area contributed by atoms with Crippen LogP contribution in [0.4, 0.5) is 20.2 Å². The lowest BCUT2D eigenvalue weighted by molar-refractivity contribution is -0.160. The first kappa shape index (κ1) is 37.8. The Morgan fingerprint density at radius 1 is 0.906 bits per heavy atom. The number of halogens is 2. The van der Waals surface area contributed by atoms with Crippen LogP contribution in [0.15, 0.2) is 66.7 Å². The average Bonchev–Trinajstić information content (AvgIpc) is 3.08. The number of pyridine rings is 1. The lowest BCUT2D eigenvalue weighted by Crippen LogP contribution is -2.50. The van der Waals surface area contributed by atoms with E-state index >= 15 is 0 Å². The van der Waals surface area contributed by atoms with Gasteiger partial charge in [0.25, 0.3) is 0 Å². The maximum atomic E-state index is 15.0. The van der Waals surface area contributed by atoms with Gasteiger partial charge >= 0.3 is 5.97 Å². The maximum Gasteiger partial charge on any atom is 0.337 e. The molecule has 0 saturated carbocycles. The summed E-state index contributed by atoms with van der Waals surface area (Å²) < 4.78 is 34.1. The molecule has 2 aliphatic heterocycles. The number of nitrogens with zero attached hydrogens (tertiary/aromatic N) is 2. The van der Waals surface area contributed by atoms with Gasteiger partial charge in [0.1, 0.15) is 17.0 Å². The Balaban J connectivity index is 1.54. The Bertz CT molecular complexity index is 2010. The number of hydrogen-bond acceptors (Lipinski definition) is 6. The molecule has 0 spiro atoms. The molecule has 2 N–H and O–H groups in total. The standard InChI is InChI=1S/C43H47F2N3O5/c1-25-34(36(48-20-18-42(6,7)19-21-48)35(26(2)46-25)37(39(50)51)53-41(3,4)5)29-12-17-33-32(22-29)38(49)43(40(52)47-33,23-27-8-13-30(44)14-9-27)24-28-10-15-31(45)16-11-28/h8-17,22,37H,18-21,23-24H2,1-7H3,(H,47,52)(H,50,51)/t37-/m0/s1. The van der Waals surface area contributed by atoms with Crippen LogP contribution in [0.2, 0.25) is 0 Å². The zero-order chi connectivity index (χ0) is 38.5. The predicted octanol–water partition coefficient (Wildman–Crippen LogP) is 8.82. The van der Waals surface area contributed by atoms with Gasteiger partial charge in [0, 0.05) is 41.2 Å². The number of nitrogens with one attached hydrogen (secondary N) is 1. The number of piperidine rings is 1. The number of fused-ring (bicyclic) bond motifs is 1. The maximum absolute atomic E-state index is 15.0. The molecule has 0 radical (unpaired) electrons. The molecule has 278 valence electrons. The number of carbonyl (C=O) groups excluding carboxylic acids is 2. The van der Waals surface area contributed by atoms with E-state index in [0.29, 0.717) is 63.7 Å². The molecule has 4 aromatic rings. The first-order valence-electron chi connectivity index (χ1n) is 18.0. The number of carboxylic acid groups (broad SMARTS) is 1. The quantitative estimate of drug-likeness (QED) is 0.166. The van der Waals surface area contributed by atoms with Gasteiger partial charge in [0.05, 0.1) is 17.0 Å². The topological polar surface area (TPSA) is 109 Å². The van der Waals surface area contributed by atoms with Gasteiger partial charge in [-0.25, -0.2) is 13.6 Å². The Morgan fingerprint density at radius 3 is 1.96 bits per heavy atom. The third-order valence-electron chi connectivity index (χ3n) is 10.5. The van der Waals surface area contributed by atoms with E-state index in [1.807, 2.05) is 33.8 Å². The summed E-state index contributed by atoms with van der Waals surface area (Å²) in [5.74, 6) is -2.95. The molecule has 6 rings (SSSR count). The highest BCUT2D eigenvalue weighted by atomic mass is 19.1. The predicted molar refractivity (Wildman–Crippen MR) is 201 cm³/mol. The lowest BCUT2D eigenvalue weighted by atomic mass is 9.68. The van der Waals surface area contributed by atoms with Crippen molar-refractivity contribution in [3.63, 3.8) is 0 Å². The van der Waals surface area contributed by atoms with E-state index in [4.69, 9.17) is 9.72 Å². The lowest BCUT2D eigenvalue weighted by Gasteiger charge is -2.41. The number of hydrogen-bond donors (Lipinski definition) is 2. The fourth-order valence-corrected chi connectivity index (χ4v) is 7.64. The molecule has 8 nitrogen and oxygen atoms in total. The van der Waals surface area contributed by atoms with Crippen LogP contribution < -0.4 is 10.2 Å². The minimum absolute atomic E-state index is 0.0203. The Morgan fingerprint density at radius 2 is 1.45 bits per heavy atom. The van der Waals surface area contributed by atoms with Gasteiger partial charge < -0.3 is 20.1 Å². The molecule has 1 atom stereocenters. The average molecular weight is 724 g/mol. The molecule has 10 heteroatoms. The van der Waals surface area contributed by atoms with Crippen LogP contribution in [0.25, 0.3) is 11.1 Å². The fraction of sp³-hybridized carbons (Fsp3) is 0.395. The molecular formula is C43H47F2N3O5. The number of benzene rings is 3. The van der Waals surface area contributed by atoms with E-state index in [0.717, 1.165) is 12.8 Å². The smallest absolute Gasteiger partial charge is 0.337 e. The van der Waals surface area contributed by atoms with Crippen molar-refractivity contribution in [3.05, 3.63) is 112 Å². The molecule has 0 aliphatic carbocycles. The molecule has 3 aromatic carbocycles. The largest absolute Gasteiger partial charge is 0.479 e. The van der Waals surface area contributed by atoms with E-state index in [1.54, 1.807) is 43.3 Å². The van der Waals surface area contributed by atoms with E-state index in [9.17, 15) is 28.3 Å². The van der Waals surface area contributed by atoms with Gasteiger partial charge in [-0.2, -0.15) is 0 Å². The molecule has 0 unspecified atom stereocenters. The molecule has 1 amide bonds. The van der Waals surface area contributed by atoms with Crippen molar-refractivity contribution < 1.29 is 33.0 Å². The summed E-state index contributed by atoms with van der Waals surface area (Å²) in [6, 6.07) is 16.7. The number of aryl methyl sites for hydroxylation is 2. The van der Waals surface area contributed by atoms with Gasteiger partial charge in [-0.05, 0) is 119 Å². The molecular weight excluding hydrogens is 676 g/mol. The highest BCUT2D eigenvalue weighted by molar-refractivity contribution is 6.24. The zero-order valence-electron chi connectivity index (χ0n) is 31.4. The molecule has 1 aromatic heterocycles. The van der Waals surface area contributed by atoms with Gasteiger partial charge in [-0.15, -0.1) is 0 Å². The Hall–Kier alpha value is -4.96. The van der Waals surface area contributed by atoms with Crippen LogP contribution in [-0.4, -0.2) is 46.4 Å². The van der Waals surface area contributed by atoms with Gasteiger partial charge in [0.15, 0.2) is 11.9 Å². The fourth-order valence-electron chi connectivity index (χ4n) is 7.64. The third kappa shape index (κ3) is 7.74. The van der Waals surface area contributed by atoms with Crippen LogP contribution >= 0.6 is 0 Å². The SMILES string of the molecule is Cc1nc(C)c([C@H](OC(C)(C)C)C(=O)O)c(N2CCC(C)(C)CC2)c1-c1ccc2c(c1)C(=O)C(Cc1ccc(F)cc1)(Cc1ccc(F)cc1)C(=O)N2. The summed E-state index contributed by atoms with van der Waals surface area (Å²) in [4.78, 5) is 49.2. The number of rotatable bonds is 9. The summed E-state index contributed by atoms with van der Waals surface area (Å²) in [5, 5.41) is 13.6. The number of carboxylic acids is 1. The summed E-state index contributed by atoms with van der Waals surface area (Å²) in [6.07, 6.45) is 0.410. The normalized spacial score (nSPS) is 17.3. The Labute approximate surface area is 309 Å². The van der Waals surface area contributed by atoms with Crippen LogP contribution in [0.1, 0.15) is 92.0 Å². The second-order valence-electron chi connectivity index (χ2n) is 16.3. The molecule has 53 heavy (non-hydrogen) atoms. The number of ketones is 1. The van der Waals surface area contributed by atoms with E-state index in [-0.39, 0.29) is 23.8 Å². The molecule has 1 saturated heterocycles. The van der Waals surface area contributed by atoms with Crippen LogP contribution in [0.5, 0.6) is 0 Å². The molecule has 3 heterocycles.